The molecule has 17 heteroatoms. The highest BCUT2D eigenvalue weighted by Gasteiger charge is 2.40. The maximum absolute atomic E-state index is 13.7. The molecule has 4 heterocycles. The zero-order valence-corrected chi connectivity index (χ0v) is 26.1. The van der Waals surface area contributed by atoms with Crippen LogP contribution in [0.3, 0.4) is 0 Å². The average molecular weight is 662 g/mol. The van der Waals surface area contributed by atoms with Crippen LogP contribution >= 0.6 is 34.3 Å². The van der Waals surface area contributed by atoms with Crippen LogP contribution in [0.5, 0.6) is 0 Å². The summed E-state index contributed by atoms with van der Waals surface area (Å²) >= 11 is 8.37. The van der Waals surface area contributed by atoms with E-state index in [0.29, 0.717) is 28.1 Å². The molecule has 1 fully saturated rings. The number of nitrogens with zero attached hydrogens (tertiary/aromatic N) is 3. The average Bonchev–Trinajstić information content (AvgIpc) is 3.52. The van der Waals surface area contributed by atoms with Crippen LogP contribution in [0.4, 0.5) is 4.79 Å². The third kappa shape index (κ3) is 6.53. The second-order valence-electron chi connectivity index (χ2n) is 9.74. The summed E-state index contributed by atoms with van der Waals surface area (Å²) in [6.45, 7) is 3.69. The Balaban J connectivity index is 1.43. The first-order valence-electron chi connectivity index (χ1n) is 12.8. The number of fused-ring (bicyclic) bond motifs is 2. The molecule has 3 aromatic rings. The van der Waals surface area contributed by atoms with Gasteiger partial charge in [0.25, 0.3) is 15.9 Å². The van der Waals surface area contributed by atoms with Gasteiger partial charge in [-0.3, -0.25) is 4.79 Å². The Morgan fingerprint density at radius 1 is 1.20 bits per heavy atom. The van der Waals surface area contributed by atoms with Gasteiger partial charge in [-0.1, -0.05) is 17.7 Å². The predicted octanol–water partition coefficient (Wildman–Crippen LogP) is 2.64. The van der Waals surface area contributed by atoms with E-state index in [1.807, 2.05) is 11.6 Å². The Morgan fingerprint density at radius 3 is 2.73 bits per heavy atom. The third-order valence-corrected chi connectivity index (χ3v) is 12.8. The lowest BCUT2D eigenvalue weighted by Crippen LogP contribution is -2.59. The number of carbonyl (C=O) groups excluding carboxylic acids is 2. The van der Waals surface area contributed by atoms with Crippen LogP contribution in [0.2, 0.25) is 5.02 Å². The highest BCUT2D eigenvalue weighted by atomic mass is 35.5. The molecule has 2 aliphatic rings. The van der Waals surface area contributed by atoms with Gasteiger partial charge >= 0.3 is 6.09 Å². The minimum absolute atomic E-state index is 0.0377. The molecule has 0 radical (unpaired) electrons. The van der Waals surface area contributed by atoms with Gasteiger partial charge in [-0.25, -0.2) is 31.3 Å². The van der Waals surface area contributed by atoms with Crippen molar-refractivity contribution in [1.29, 1.82) is 0 Å². The van der Waals surface area contributed by atoms with E-state index in [1.165, 1.54) is 27.5 Å². The fourth-order valence-electron chi connectivity index (χ4n) is 4.80. The first-order valence-corrected chi connectivity index (χ1v) is 17.9. The Morgan fingerprint density at radius 2 is 1.98 bits per heavy atom. The number of nitrogens with one attached hydrogen (secondary N) is 2. The molecule has 2 aromatic heterocycles. The SMILES string of the molecule is CCOC(=O)NS(=O)(=O)CC1CN(S(=O)(=O)c2cc3ccc(Cl)cc3s2)CCN1C(=O)c1nc2c(s1)CNC(C)C2. The lowest BCUT2D eigenvalue weighted by molar-refractivity contribution is 0.0595. The number of thiazole rings is 1. The van der Waals surface area contributed by atoms with E-state index in [0.717, 1.165) is 21.9 Å². The van der Waals surface area contributed by atoms with Crippen molar-refractivity contribution in [2.24, 2.45) is 0 Å². The maximum atomic E-state index is 13.7. The number of hydrogen-bond acceptors (Lipinski definition) is 11. The summed E-state index contributed by atoms with van der Waals surface area (Å²) < 4.78 is 61.6. The molecule has 2 unspecified atom stereocenters. The van der Waals surface area contributed by atoms with E-state index in [2.05, 4.69) is 10.3 Å². The van der Waals surface area contributed by atoms with E-state index in [4.69, 9.17) is 16.3 Å². The molecule has 222 valence electrons. The molecule has 12 nitrogen and oxygen atoms in total. The van der Waals surface area contributed by atoms with E-state index in [-0.39, 0.29) is 41.5 Å². The Hall–Kier alpha value is -2.34. The van der Waals surface area contributed by atoms with E-state index in [1.54, 1.807) is 24.3 Å². The number of sulfonamides is 2. The summed E-state index contributed by atoms with van der Waals surface area (Å²) in [5, 5.41) is 4.72. The molecule has 41 heavy (non-hydrogen) atoms. The smallest absolute Gasteiger partial charge is 0.420 e. The molecular formula is C24H28ClN5O7S4. The highest BCUT2D eigenvalue weighted by molar-refractivity contribution is 7.91. The molecule has 2 aliphatic heterocycles. The van der Waals surface area contributed by atoms with E-state index < -0.39 is 43.8 Å². The molecule has 1 aromatic carbocycles. The third-order valence-electron chi connectivity index (χ3n) is 6.76. The number of hydrogen-bond donors (Lipinski definition) is 2. The summed E-state index contributed by atoms with van der Waals surface area (Å²) in [5.41, 5.74) is 0.823. The second kappa shape index (κ2) is 11.7. The number of carbonyl (C=O) groups is 2. The number of aromatic nitrogens is 1. The summed E-state index contributed by atoms with van der Waals surface area (Å²) in [6.07, 6.45) is -0.490. The van der Waals surface area contributed by atoms with Gasteiger partial charge in [0, 0.05) is 53.2 Å². The van der Waals surface area contributed by atoms with Gasteiger partial charge in [-0.15, -0.1) is 22.7 Å². The van der Waals surface area contributed by atoms with E-state index >= 15 is 0 Å². The lowest BCUT2D eigenvalue weighted by Gasteiger charge is -2.40. The Labute approximate surface area is 250 Å². The van der Waals surface area contributed by atoms with Crippen molar-refractivity contribution in [3.8, 4) is 0 Å². The largest absolute Gasteiger partial charge is 0.449 e. The van der Waals surface area contributed by atoms with Gasteiger partial charge in [-0.2, -0.15) is 4.31 Å². The topological polar surface area (TPSA) is 155 Å². The first-order chi connectivity index (χ1) is 19.4. The number of piperazine rings is 1. The minimum Gasteiger partial charge on any atom is -0.449 e. The van der Waals surface area contributed by atoms with Crippen molar-refractivity contribution in [3.63, 3.8) is 0 Å². The lowest BCUT2D eigenvalue weighted by atomic mass is 10.1. The molecule has 0 saturated carbocycles. The van der Waals surface area contributed by atoms with Crippen molar-refractivity contribution in [2.45, 2.75) is 43.1 Å². The zero-order valence-electron chi connectivity index (χ0n) is 22.1. The number of amides is 2. The van der Waals surface area contributed by atoms with Gasteiger partial charge < -0.3 is 15.0 Å². The van der Waals surface area contributed by atoms with Crippen LogP contribution in [0.1, 0.15) is 34.2 Å². The summed E-state index contributed by atoms with van der Waals surface area (Å²) in [4.78, 5) is 32.3. The first kappa shape index (κ1) is 30.1. The quantitative estimate of drug-likeness (QED) is 0.389. The van der Waals surface area contributed by atoms with Crippen molar-refractivity contribution in [3.05, 3.63) is 44.9 Å². The number of thiophene rings is 1. The minimum atomic E-state index is -4.30. The number of ether oxygens (including phenoxy) is 1. The molecule has 0 aliphatic carbocycles. The fourth-order valence-corrected chi connectivity index (χ4v) is 10.3. The molecule has 5 rings (SSSR count). The summed E-state index contributed by atoms with van der Waals surface area (Å²) in [7, 11) is -8.34. The van der Waals surface area contributed by atoms with Gasteiger partial charge in [0.1, 0.15) is 4.21 Å². The maximum Gasteiger partial charge on any atom is 0.420 e. The Bertz CT molecular complexity index is 1710. The number of halogens is 1. The molecule has 2 N–H and O–H groups in total. The number of benzene rings is 1. The number of rotatable bonds is 7. The van der Waals surface area contributed by atoms with Crippen molar-refractivity contribution in [1.82, 2.24) is 24.2 Å². The van der Waals surface area contributed by atoms with Gasteiger partial charge in [0.2, 0.25) is 10.0 Å². The van der Waals surface area contributed by atoms with Gasteiger partial charge in [0.05, 0.1) is 24.1 Å². The normalized spacial score (nSPS) is 20.1. The molecule has 1 saturated heterocycles. The molecular weight excluding hydrogens is 634 g/mol. The fraction of sp³-hybridized carbons (Fsp3) is 0.458. The van der Waals surface area contributed by atoms with Crippen molar-refractivity contribution in [2.75, 3.05) is 32.0 Å². The highest BCUT2D eigenvalue weighted by Crippen LogP contribution is 2.34. The van der Waals surface area contributed by atoms with Crippen LogP contribution in [0.15, 0.2) is 28.5 Å². The van der Waals surface area contributed by atoms with Crippen LogP contribution in [-0.4, -0.2) is 87.1 Å². The van der Waals surface area contributed by atoms with E-state index in [9.17, 15) is 26.4 Å². The second-order valence-corrected chi connectivity index (χ2v) is 16.3. The van der Waals surface area contributed by atoms with Gasteiger partial charge in [0.15, 0.2) is 5.01 Å². The van der Waals surface area contributed by atoms with Crippen LogP contribution in [0.25, 0.3) is 10.1 Å². The summed E-state index contributed by atoms with van der Waals surface area (Å²) in [6, 6.07) is 5.73. The predicted molar refractivity (Wildman–Crippen MR) is 156 cm³/mol. The Kier molecular flexibility index (Phi) is 8.63. The van der Waals surface area contributed by atoms with Crippen LogP contribution < -0.4 is 10.0 Å². The molecule has 2 atom stereocenters. The standard InChI is InChI=1S/C24H28ClN5O7S4/c1-3-37-24(32)28-40(33,34)13-17-12-29(41(35,36)21-9-15-4-5-16(25)10-19(15)38-21)6-7-30(17)23(31)22-27-18-8-14(2)26-11-20(18)39-22/h4-5,9-10,14,17,26H,3,6-8,11-13H2,1-2H3,(H,28,32). The van der Waals surface area contributed by atoms with Gasteiger partial charge in [-0.05, 0) is 37.4 Å². The summed E-state index contributed by atoms with van der Waals surface area (Å²) in [5.74, 6) is -1.20. The molecule has 2 amide bonds. The van der Waals surface area contributed by atoms with Crippen molar-refractivity contribution < 1.29 is 31.2 Å². The van der Waals surface area contributed by atoms with Crippen LogP contribution in [-0.2, 0) is 37.7 Å². The van der Waals surface area contributed by atoms with Crippen LogP contribution in [0, 0.1) is 0 Å². The van der Waals surface area contributed by atoms with Crippen molar-refractivity contribution >= 4 is 76.4 Å². The molecule has 0 spiro atoms. The molecule has 0 bridgehead atoms. The monoisotopic (exact) mass is 661 g/mol. The zero-order chi connectivity index (χ0) is 29.5.